The molecule has 0 fully saturated rings. The molecular weight excluding hydrogens is 312 g/mol. The lowest BCUT2D eigenvalue weighted by atomic mass is 10.1. The van der Waals surface area contributed by atoms with E-state index in [1.807, 2.05) is 13.8 Å². The zero-order valence-corrected chi connectivity index (χ0v) is 14.5. The van der Waals surface area contributed by atoms with Crippen molar-refractivity contribution < 1.29 is 19.2 Å². The molecule has 0 saturated heterocycles. The molecular formula is C17H24N2O5. The van der Waals surface area contributed by atoms with E-state index in [1.165, 1.54) is 13.2 Å². The highest BCUT2D eigenvalue weighted by molar-refractivity contribution is 5.81. The van der Waals surface area contributed by atoms with Gasteiger partial charge >= 0.3 is 5.97 Å². The molecule has 0 heterocycles. The Bertz CT molecular complexity index is 600. The van der Waals surface area contributed by atoms with Gasteiger partial charge in [-0.3, -0.25) is 19.7 Å². The molecule has 1 atom stereocenters. The highest BCUT2D eigenvalue weighted by Crippen LogP contribution is 2.19. The van der Waals surface area contributed by atoms with E-state index in [-0.39, 0.29) is 36.4 Å². The molecule has 7 heteroatoms. The summed E-state index contributed by atoms with van der Waals surface area (Å²) >= 11 is 0. The zero-order chi connectivity index (χ0) is 18.3. The smallest absolute Gasteiger partial charge is 0.310 e. The highest BCUT2D eigenvalue weighted by atomic mass is 16.6. The van der Waals surface area contributed by atoms with Crippen LogP contribution in [-0.2, 0) is 20.7 Å². The topological polar surface area (TPSA) is 89.8 Å². The minimum Gasteiger partial charge on any atom is -0.469 e. The van der Waals surface area contributed by atoms with Gasteiger partial charge in [0.1, 0.15) is 0 Å². The first-order valence-electron chi connectivity index (χ1n) is 7.84. The molecule has 0 aliphatic rings. The molecule has 7 nitrogen and oxygen atoms in total. The van der Waals surface area contributed by atoms with E-state index < -0.39 is 10.8 Å². The van der Waals surface area contributed by atoms with E-state index in [0.717, 1.165) is 0 Å². The summed E-state index contributed by atoms with van der Waals surface area (Å²) in [5.74, 6) is -0.871. The van der Waals surface area contributed by atoms with Crippen LogP contribution in [-0.4, -0.2) is 41.9 Å². The van der Waals surface area contributed by atoms with Gasteiger partial charge < -0.3 is 9.64 Å². The van der Waals surface area contributed by atoms with Gasteiger partial charge in [-0.2, -0.15) is 0 Å². The van der Waals surface area contributed by atoms with E-state index in [4.69, 9.17) is 4.74 Å². The van der Waals surface area contributed by atoms with Crippen LogP contribution >= 0.6 is 0 Å². The fourth-order valence-electron chi connectivity index (χ4n) is 2.44. The SMILES string of the molecule is COC(=O)C(C)CN(CC(C)C)C(=O)Cc1ccccc1[N+](=O)[O-]. The van der Waals surface area contributed by atoms with Crippen LogP contribution in [0, 0.1) is 22.0 Å². The van der Waals surface area contributed by atoms with Gasteiger partial charge in [-0.05, 0) is 5.92 Å². The Balaban J connectivity index is 2.92. The van der Waals surface area contributed by atoms with E-state index in [9.17, 15) is 19.7 Å². The van der Waals surface area contributed by atoms with Crippen LogP contribution in [0.25, 0.3) is 0 Å². The number of rotatable bonds is 8. The number of methoxy groups -OCH3 is 1. The van der Waals surface area contributed by atoms with Crippen molar-refractivity contribution in [2.45, 2.75) is 27.2 Å². The van der Waals surface area contributed by atoms with E-state index in [1.54, 1.807) is 30.0 Å². The second-order valence-electron chi connectivity index (χ2n) is 6.18. The van der Waals surface area contributed by atoms with Crippen molar-refractivity contribution in [1.29, 1.82) is 0 Å². The van der Waals surface area contributed by atoms with Gasteiger partial charge in [0, 0.05) is 24.7 Å². The Morgan fingerprint density at radius 3 is 2.38 bits per heavy atom. The Kier molecular flexibility index (Phi) is 7.35. The number of nitro benzene ring substituents is 1. The van der Waals surface area contributed by atoms with Crippen molar-refractivity contribution in [3.8, 4) is 0 Å². The summed E-state index contributed by atoms with van der Waals surface area (Å²) in [6.07, 6.45) is -0.0717. The molecule has 0 radical (unpaired) electrons. The molecule has 24 heavy (non-hydrogen) atoms. The molecule has 0 bridgehead atoms. The summed E-state index contributed by atoms with van der Waals surface area (Å²) < 4.78 is 4.70. The number of para-hydroxylation sites is 1. The molecule has 1 aromatic carbocycles. The predicted octanol–water partition coefficient (Wildman–Crippen LogP) is 2.43. The summed E-state index contributed by atoms with van der Waals surface area (Å²) in [6, 6.07) is 6.19. The number of amides is 1. The molecule has 0 saturated carbocycles. The van der Waals surface area contributed by atoms with Crippen LogP contribution in [0.15, 0.2) is 24.3 Å². The molecule has 0 N–H and O–H groups in total. The summed E-state index contributed by atoms with van der Waals surface area (Å²) in [6.45, 7) is 6.32. The molecule has 1 aromatic rings. The number of hydrogen-bond acceptors (Lipinski definition) is 5. The molecule has 0 aliphatic heterocycles. The number of carbonyl (C=O) groups excluding carboxylic acids is 2. The third kappa shape index (κ3) is 5.64. The predicted molar refractivity (Wildman–Crippen MR) is 89.4 cm³/mol. The average Bonchev–Trinajstić information content (AvgIpc) is 2.53. The average molecular weight is 336 g/mol. The molecule has 0 spiro atoms. The van der Waals surface area contributed by atoms with Crippen molar-refractivity contribution >= 4 is 17.6 Å². The third-order valence-corrected chi connectivity index (χ3v) is 3.57. The first kappa shape index (κ1) is 19.6. The molecule has 1 unspecified atom stereocenters. The van der Waals surface area contributed by atoms with E-state index in [2.05, 4.69) is 0 Å². The van der Waals surface area contributed by atoms with E-state index >= 15 is 0 Å². The lowest BCUT2D eigenvalue weighted by molar-refractivity contribution is -0.385. The fraction of sp³-hybridized carbons (Fsp3) is 0.529. The van der Waals surface area contributed by atoms with E-state index in [0.29, 0.717) is 12.1 Å². The van der Waals surface area contributed by atoms with Crippen LogP contribution in [0.3, 0.4) is 0 Å². The molecule has 1 rings (SSSR count). The normalized spacial score (nSPS) is 11.9. The third-order valence-electron chi connectivity index (χ3n) is 3.57. The lowest BCUT2D eigenvalue weighted by Crippen LogP contribution is -2.40. The number of benzene rings is 1. The van der Waals surface area contributed by atoms with Crippen molar-refractivity contribution in [3.05, 3.63) is 39.9 Å². The van der Waals surface area contributed by atoms with Crippen LogP contribution in [0.4, 0.5) is 5.69 Å². The van der Waals surface area contributed by atoms with Gasteiger partial charge in [0.15, 0.2) is 0 Å². The maximum atomic E-state index is 12.6. The Labute approximate surface area is 141 Å². The Morgan fingerprint density at radius 1 is 1.21 bits per heavy atom. The largest absolute Gasteiger partial charge is 0.469 e. The Morgan fingerprint density at radius 2 is 1.83 bits per heavy atom. The van der Waals surface area contributed by atoms with Gasteiger partial charge in [0.25, 0.3) is 5.69 Å². The van der Waals surface area contributed by atoms with Gasteiger partial charge in [-0.25, -0.2) is 0 Å². The second kappa shape index (κ2) is 9.00. The highest BCUT2D eigenvalue weighted by Gasteiger charge is 2.24. The minimum atomic E-state index is -0.494. The number of nitrogens with zero attached hydrogens (tertiary/aromatic N) is 2. The fourth-order valence-corrected chi connectivity index (χ4v) is 2.44. The van der Waals surface area contributed by atoms with Crippen LogP contribution in [0.2, 0.25) is 0 Å². The van der Waals surface area contributed by atoms with Crippen LogP contribution in [0.1, 0.15) is 26.3 Å². The minimum absolute atomic E-state index is 0.0717. The molecule has 132 valence electrons. The summed E-state index contributed by atoms with van der Waals surface area (Å²) in [5.41, 5.74) is 0.295. The number of nitro groups is 1. The van der Waals surface area contributed by atoms with Gasteiger partial charge in [0.05, 0.1) is 24.4 Å². The number of esters is 1. The first-order chi connectivity index (χ1) is 11.3. The van der Waals surface area contributed by atoms with Crippen molar-refractivity contribution in [2.75, 3.05) is 20.2 Å². The maximum absolute atomic E-state index is 12.6. The van der Waals surface area contributed by atoms with Gasteiger partial charge in [-0.1, -0.05) is 39.0 Å². The number of carbonyl (C=O) groups is 2. The summed E-state index contributed by atoms with van der Waals surface area (Å²) in [4.78, 5) is 36.4. The lowest BCUT2D eigenvalue weighted by Gasteiger charge is -2.26. The summed E-state index contributed by atoms with van der Waals surface area (Å²) in [5, 5.41) is 11.1. The standard InChI is InChI=1S/C17H24N2O5/c1-12(2)10-18(11-13(3)17(21)24-4)16(20)9-14-7-5-6-8-15(14)19(22)23/h5-8,12-13H,9-11H2,1-4H3. The van der Waals surface area contributed by atoms with Gasteiger partial charge in [-0.15, -0.1) is 0 Å². The molecule has 0 aromatic heterocycles. The Hall–Kier alpha value is -2.44. The maximum Gasteiger partial charge on any atom is 0.310 e. The van der Waals surface area contributed by atoms with Crippen molar-refractivity contribution in [2.24, 2.45) is 11.8 Å². The molecule has 0 aliphatic carbocycles. The first-order valence-corrected chi connectivity index (χ1v) is 7.84. The molecule has 1 amide bonds. The van der Waals surface area contributed by atoms with Crippen molar-refractivity contribution in [1.82, 2.24) is 4.90 Å². The summed E-state index contributed by atoms with van der Waals surface area (Å²) in [7, 11) is 1.31. The number of hydrogen-bond donors (Lipinski definition) is 0. The van der Waals surface area contributed by atoms with Crippen LogP contribution < -0.4 is 0 Å². The number of ether oxygens (including phenoxy) is 1. The monoisotopic (exact) mass is 336 g/mol. The second-order valence-corrected chi connectivity index (χ2v) is 6.18. The van der Waals surface area contributed by atoms with Crippen molar-refractivity contribution in [3.63, 3.8) is 0 Å². The zero-order valence-electron chi connectivity index (χ0n) is 14.5. The van der Waals surface area contributed by atoms with Crippen LogP contribution in [0.5, 0.6) is 0 Å². The quantitative estimate of drug-likeness (QED) is 0.413. The van der Waals surface area contributed by atoms with Gasteiger partial charge in [0.2, 0.25) is 5.91 Å².